The Balaban J connectivity index is 1.77. The molecule has 0 aliphatic rings. The molecular formula is C17H16N2O4S. The maximum absolute atomic E-state index is 12.3. The normalized spacial score (nSPS) is 11.4. The van der Waals surface area contributed by atoms with Crippen LogP contribution < -0.4 is 10.0 Å². The molecule has 0 unspecified atom stereocenters. The fourth-order valence-corrected chi connectivity index (χ4v) is 3.21. The number of amides is 2. The van der Waals surface area contributed by atoms with E-state index in [1.807, 2.05) is 24.6 Å². The van der Waals surface area contributed by atoms with Gasteiger partial charge in [-0.15, -0.1) is 0 Å². The fraction of sp³-hybridized carbons (Fsp3) is 0.118. The van der Waals surface area contributed by atoms with Gasteiger partial charge in [0, 0.05) is 11.1 Å². The average molecular weight is 344 g/mol. The van der Waals surface area contributed by atoms with Crippen LogP contribution in [-0.4, -0.2) is 14.4 Å². The van der Waals surface area contributed by atoms with Gasteiger partial charge in [-0.25, -0.2) is 17.9 Å². The number of fused-ring (bicyclic) bond motifs is 1. The predicted octanol–water partition coefficient (Wildman–Crippen LogP) is 3.56. The van der Waals surface area contributed by atoms with E-state index in [0.29, 0.717) is 16.7 Å². The maximum Gasteiger partial charge on any atom is 0.333 e. The molecule has 0 aliphatic carbocycles. The second-order valence-electron chi connectivity index (χ2n) is 5.48. The molecule has 2 amide bonds. The predicted molar refractivity (Wildman–Crippen MR) is 91.5 cm³/mol. The molecule has 3 rings (SSSR count). The molecule has 6 nitrogen and oxygen atoms in total. The van der Waals surface area contributed by atoms with E-state index >= 15 is 0 Å². The molecule has 0 saturated heterocycles. The number of sulfonamides is 1. The lowest BCUT2D eigenvalue weighted by molar-refractivity contribution is 0.256. The summed E-state index contributed by atoms with van der Waals surface area (Å²) < 4.78 is 31.8. The highest BCUT2D eigenvalue weighted by molar-refractivity contribution is 7.90. The van der Waals surface area contributed by atoms with E-state index in [4.69, 9.17) is 4.42 Å². The van der Waals surface area contributed by atoms with E-state index in [1.165, 1.54) is 18.4 Å². The number of carbonyl (C=O) groups excluding carboxylic acids is 1. The Labute approximate surface area is 139 Å². The second-order valence-corrected chi connectivity index (χ2v) is 7.16. The molecule has 0 fully saturated rings. The van der Waals surface area contributed by atoms with Crippen molar-refractivity contribution in [3.05, 3.63) is 59.9 Å². The van der Waals surface area contributed by atoms with Gasteiger partial charge in [0.05, 0.1) is 11.2 Å². The fourth-order valence-electron chi connectivity index (χ4n) is 2.27. The van der Waals surface area contributed by atoms with Crippen LogP contribution in [0.25, 0.3) is 11.0 Å². The topological polar surface area (TPSA) is 88.4 Å². The van der Waals surface area contributed by atoms with E-state index in [0.717, 1.165) is 11.1 Å². The van der Waals surface area contributed by atoms with Crippen molar-refractivity contribution in [2.24, 2.45) is 0 Å². The zero-order valence-electron chi connectivity index (χ0n) is 13.2. The number of anilines is 1. The average Bonchev–Trinajstić information content (AvgIpc) is 2.98. The van der Waals surface area contributed by atoms with Crippen molar-refractivity contribution in [1.82, 2.24) is 4.72 Å². The summed E-state index contributed by atoms with van der Waals surface area (Å²) in [4.78, 5) is 12.0. The molecule has 7 heteroatoms. The van der Waals surface area contributed by atoms with Crippen LogP contribution in [0.15, 0.2) is 58.0 Å². The number of hydrogen-bond acceptors (Lipinski definition) is 4. The quantitative estimate of drug-likeness (QED) is 0.760. The summed E-state index contributed by atoms with van der Waals surface area (Å²) in [5, 5.41) is 3.17. The van der Waals surface area contributed by atoms with Gasteiger partial charge in [-0.3, -0.25) is 0 Å². The Bertz CT molecular complexity index is 1020. The largest absolute Gasteiger partial charge is 0.464 e. The van der Waals surface area contributed by atoms with E-state index in [9.17, 15) is 13.2 Å². The molecule has 1 aromatic heterocycles. The molecule has 0 saturated carbocycles. The highest BCUT2D eigenvalue weighted by Gasteiger charge is 2.18. The summed E-state index contributed by atoms with van der Waals surface area (Å²) in [5.74, 6) is 0. The number of urea groups is 1. The van der Waals surface area contributed by atoms with Crippen molar-refractivity contribution in [3.8, 4) is 0 Å². The number of carbonyl (C=O) groups is 1. The van der Waals surface area contributed by atoms with Gasteiger partial charge in [0.15, 0.2) is 0 Å². The third kappa shape index (κ3) is 3.26. The van der Waals surface area contributed by atoms with E-state index < -0.39 is 16.1 Å². The number of rotatable bonds is 3. The minimum absolute atomic E-state index is 0.00774. The van der Waals surface area contributed by atoms with Crippen LogP contribution in [0.4, 0.5) is 10.5 Å². The molecule has 24 heavy (non-hydrogen) atoms. The molecule has 0 atom stereocenters. The molecule has 2 N–H and O–H groups in total. The molecule has 0 radical (unpaired) electrons. The summed E-state index contributed by atoms with van der Waals surface area (Å²) in [7, 11) is -3.97. The van der Waals surface area contributed by atoms with Gasteiger partial charge in [-0.1, -0.05) is 6.07 Å². The number of hydrogen-bond donors (Lipinski definition) is 2. The second kappa shape index (κ2) is 6.01. The van der Waals surface area contributed by atoms with Crippen molar-refractivity contribution >= 4 is 32.7 Å². The van der Waals surface area contributed by atoms with Crippen LogP contribution in [0.2, 0.25) is 0 Å². The van der Waals surface area contributed by atoms with E-state index in [-0.39, 0.29) is 4.90 Å². The van der Waals surface area contributed by atoms with Crippen molar-refractivity contribution in [3.63, 3.8) is 0 Å². The van der Waals surface area contributed by atoms with Gasteiger partial charge in [-0.2, -0.15) is 0 Å². The molecule has 0 bridgehead atoms. The molecule has 0 aliphatic heterocycles. The van der Waals surface area contributed by atoms with Gasteiger partial charge in [-0.05, 0) is 61.4 Å². The smallest absolute Gasteiger partial charge is 0.333 e. The first-order chi connectivity index (χ1) is 11.3. The van der Waals surface area contributed by atoms with Crippen LogP contribution in [0.1, 0.15) is 11.1 Å². The van der Waals surface area contributed by atoms with Crippen LogP contribution in [0.3, 0.4) is 0 Å². The summed E-state index contributed by atoms with van der Waals surface area (Å²) >= 11 is 0. The summed E-state index contributed by atoms with van der Waals surface area (Å²) in [5.41, 5.74) is 3.19. The van der Waals surface area contributed by atoms with Crippen LogP contribution >= 0.6 is 0 Å². The Morgan fingerprint density at radius 1 is 1.00 bits per heavy atom. The first-order valence-electron chi connectivity index (χ1n) is 7.23. The summed E-state index contributed by atoms with van der Waals surface area (Å²) in [6, 6.07) is 10.6. The standard InChI is InChI=1S/C17H16N2O4S/c1-11-3-4-14(9-12(11)2)18-17(20)19-24(21,22)15-5-6-16-13(10-15)7-8-23-16/h3-10H,1-2H3,(H2,18,19,20). The summed E-state index contributed by atoms with van der Waals surface area (Å²) in [6.45, 7) is 3.87. The number of nitrogens with one attached hydrogen (secondary N) is 2. The molecule has 3 aromatic rings. The maximum atomic E-state index is 12.3. The lowest BCUT2D eigenvalue weighted by Gasteiger charge is -2.10. The molecule has 124 valence electrons. The SMILES string of the molecule is Cc1ccc(NC(=O)NS(=O)(=O)c2ccc3occc3c2)cc1C. The zero-order valence-corrected chi connectivity index (χ0v) is 14.0. The molecule has 0 spiro atoms. The van der Waals surface area contributed by atoms with Crippen LogP contribution in [-0.2, 0) is 10.0 Å². The van der Waals surface area contributed by atoms with E-state index in [1.54, 1.807) is 24.3 Å². The van der Waals surface area contributed by atoms with Gasteiger partial charge < -0.3 is 9.73 Å². The van der Waals surface area contributed by atoms with Crippen molar-refractivity contribution in [2.75, 3.05) is 5.32 Å². The minimum Gasteiger partial charge on any atom is -0.464 e. The third-order valence-electron chi connectivity index (χ3n) is 3.73. The highest BCUT2D eigenvalue weighted by atomic mass is 32.2. The van der Waals surface area contributed by atoms with Crippen molar-refractivity contribution in [2.45, 2.75) is 18.7 Å². The Kier molecular flexibility index (Phi) is 4.02. The first kappa shape index (κ1) is 16.1. The Morgan fingerprint density at radius 3 is 2.54 bits per heavy atom. The van der Waals surface area contributed by atoms with Crippen molar-refractivity contribution in [1.29, 1.82) is 0 Å². The van der Waals surface area contributed by atoms with Crippen molar-refractivity contribution < 1.29 is 17.6 Å². The van der Waals surface area contributed by atoms with Gasteiger partial charge in [0.2, 0.25) is 0 Å². The van der Waals surface area contributed by atoms with Crippen LogP contribution in [0, 0.1) is 13.8 Å². The lowest BCUT2D eigenvalue weighted by Crippen LogP contribution is -2.34. The van der Waals surface area contributed by atoms with Gasteiger partial charge in [0.1, 0.15) is 5.58 Å². The first-order valence-corrected chi connectivity index (χ1v) is 8.72. The Morgan fingerprint density at radius 2 is 1.79 bits per heavy atom. The Hall–Kier alpha value is -2.80. The number of benzene rings is 2. The van der Waals surface area contributed by atoms with Gasteiger partial charge >= 0.3 is 6.03 Å². The molecule has 2 aromatic carbocycles. The molecular weight excluding hydrogens is 328 g/mol. The number of aryl methyl sites for hydroxylation is 2. The van der Waals surface area contributed by atoms with Gasteiger partial charge in [0.25, 0.3) is 10.0 Å². The zero-order chi connectivity index (χ0) is 17.3. The lowest BCUT2D eigenvalue weighted by atomic mass is 10.1. The van der Waals surface area contributed by atoms with Crippen LogP contribution in [0.5, 0.6) is 0 Å². The summed E-state index contributed by atoms with van der Waals surface area (Å²) in [6.07, 6.45) is 1.47. The van der Waals surface area contributed by atoms with E-state index in [2.05, 4.69) is 5.32 Å². The third-order valence-corrected chi connectivity index (χ3v) is 5.05. The highest BCUT2D eigenvalue weighted by Crippen LogP contribution is 2.20. The molecule has 1 heterocycles. The number of furan rings is 1. The monoisotopic (exact) mass is 344 g/mol. The minimum atomic E-state index is -3.97.